The molecule has 4 heteroatoms. The second kappa shape index (κ2) is 6.04. The van der Waals surface area contributed by atoms with E-state index in [4.69, 9.17) is 0 Å². The molecule has 1 aliphatic carbocycles. The number of rotatable bonds is 5. The van der Waals surface area contributed by atoms with E-state index in [0.717, 1.165) is 6.54 Å². The van der Waals surface area contributed by atoms with E-state index in [0.29, 0.717) is 11.6 Å². The molecule has 1 aromatic rings. The van der Waals surface area contributed by atoms with Crippen LogP contribution in [0.4, 0.5) is 0 Å². The molecule has 0 saturated heterocycles. The molecular weight excluding hydrogens is 308 g/mol. The lowest BCUT2D eigenvalue weighted by atomic mass is 9.95. The third kappa shape index (κ3) is 2.98. The topological polar surface area (TPSA) is 15.3 Å². The zero-order valence-corrected chi connectivity index (χ0v) is 13.9. The summed E-state index contributed by atoms with van der Waals surface area (Å²) in [5.41, 5.74) is 0.373. The van der Waals surface area contributed by atoms with Crippen LogP contribution in [0, 0.1) is 0 Å². The first-order chi connectivity index (χ1) is 8.55. The fraction of sp³-hybridized carbons (Fsp3) is 0.714. The Hall–Kier alpha value is 0.100. The summed E-state index contributed by atoms with van der Waals surface area (Å²) in [4.78, 5) is 3.82. The highest BCUT2D eigenvalue weighted by atomic mass is 79.9. The number of hydrogen-bond donors (Lipinski definition) is 1. The van der Waals surface area contributed by atoms with E-state index < -0.39 is 0 Å². The molecule has 102 valence electrons. The Bertz CT molecular complexity index is 383. The quantitative estimate of drug-likeness (QED) is 0.876. The average Bonchev–Trinajstić information content (AvgIpc) is 2.95. The molecule has 1 unspecified atom stereocenters. The molecule has 1 aliphatic rings. The summed E-state index contributed by atoms with van der Waals surface area (Å²) in [7, 11) is 4.44. The zero-order valence-electron chi connectivity index (χ0n) is 11.5. The maximum Gasteiger partial charge on any atom is 0.0398 e. The van der Waals surface area contributed by atoms with Gasteiger partial charge in [-0.2, -0.15) is 0 Å². The summed E-state index contributed by atoms with van der Waals surface area (Å²) in [5.74, 6) is 0. The Morgan fingerprint density at radius 2 is 2.11 bits per heavy atom. The van der Waals surface area contributed by atoms with Crippen LogP contribution in [-0.2, 0) is 0 Å². The highest BCUT2D eigenvalue weighted by Gasteiger charge is 2.35. The number of thiophene rings is 1. The zero-order chi connectivity index (χ0) is 13.2. The summed E-state index contributed by atoms with van der Waals surface area (Å²) in [5, 5.41) is 5.88. The maximum absolute atomic E-state index is 3.73. The Kier molecular flexibility index (Phi) is 4.86. The second-order valence-corrected chi connectivity index (χ2v) is 7.36. The lowest BCUT2D eigenvalue weighted by Gasteiger charge is -2.37. The fourth-order valence-electron chi connectivity index (χ4n) is 2.87. The van der Waals surface area contributed by atoms with Crippen LogP contribution in [0.5, 0.6) is 0 Å². The number of halogens is 1. The normalized spacial score (nSPS) is 20.5. The van der Waals surface area contributed by atoms with Crippen molar-refractivity contribution in [2.75, 3.05) is 20.6 Å². The average molecular weight is 331 g/mol. The van der Waals surface area contributed by atoms with Crippen LogP contribution < -0.4 is 5.32 Å². The van der Waals surface area contributed by atoms with Crippen LogP contribution in [0.25, 0.3) is 0 Å². The van der Waals surface area contributed by atoms with Crippen molar-refractivity contribution in [3.63, 3.8) is 0 Å². The number of nitrogens with one attached hydrogen (secondary N) is 1. The van der Waals surface area contributed by atoms with Crippen molar-refractivity contribution >= 4 is 27.3 Å². The van der Waals surface area contributed by atoms with Crippen LogP contribution in [0.1, 0.15) is 43.5 Å². The van der Waals surface area contributed by atoms with Gasteiger partial charge in [-0.25, -0.2) is 0 Å². The second-order valence-electron chi connectivity index (χ2n) is 5.56. The molecule has 1 saturated carbocycles. The summed E-state index contributed by atoms with van der Waals surface area (Å²) in [6.07, 6.45) is 5.39. The monoisotopic (exact) mass is 330 g/mol. The summed E-state index contributed by atoms with van der Waals surface area (Å²) < 4.78 is 1.23. The van der Waals surface area contributed by atoms with E-state index in [1.807, 2.05) is 11.3 Å². The summed E-state index contributed by atoms with van der Waals surface area (Å²) >= 11 is 5.45. The fourth-order valence-corrected chi connectivity index (χ4v) is 4.62. The highest BCUT2D eigenvalue weighted by Crippen LogP contribution is 2.34. The van der Waals surface area contributed by atoms with Crippen LogP contribution in [0.3, 0.4) is 0 Å². The Morgan fingerprint density at radius 1 is 1.44 bits per heavy atom. The molecule has 1 N–H and O–H groups in total. The first-order valence-corrected chi connectivity index (χ1v) is 8.36. The predicted octanol–water partition coefficient (Wildman–Crippen LogP) is 4.04. The van der Waals surface area contributed by atoms with Crippen molar-refractivity contribution in [2.24, 2.45) is 0 Å². The molecule has 0 radical (unpaired) electrons. The number of hydrogen-bond acceptors (Lipinski definition) is 3. The largest absolute Gasteiger partial charge is 0.308 e. The SMILES string of the molecule is CC(NCC1(N(C)C)CCCC1)c1sccc1Br. The minimum atomic E-state index is 0.373. The van der Waals surface area contributed by atoms with Crippen molar-refractivity contribution in [2.45, 2.75) is 44.2 Å². The minimum absolute atomic E-state index is 0.373. The first kappa shape index (κ1) is 14.5. The van der Waals surface area contributed by atoms with Crippen LogP contribution in [0.15, 0.2) is 15.9 Å². The van der Waals surface area contributed by atoms with Gasteiger partial charge in [0.05, 0.1) is 0 Å². The van der Waals surface area contributed by atoms with E-state index >= 15 is 0 Å². The van der Waals surface area contributed by atoms with E-state index in [2.05, 4.69) is 58.6 Å². The predicted molar refractivity (Wildman–Crippen MR) is 83.3 cm³/mol. The molecule has 1 heterocycles. The molecule has 2 rings (SSSR count). The van der Waals surface area contributed by atoms with Crippen LogP contribution in [0.2, 0.25) is 0 Å². The molecule has 0 aliphatic heterocycles. The van der Waals surface area contributed by atoms with Gasteiger partial charge in [-0.05, 0) is 61.2 Å². The van der Waals surface area contributed by atoms with E-state index in [-0.39, 0.29) is 0 Å². The standard InChI is InChI=1S/C14H23BrN2S/c1-11(13-12(15)6-9-18-13)16-10-14(17(2)3)7-4-5-8-14/h6,9,11,16H,4-5,7-8,10H2,1-3H3. The maximum atomic E-state index is 3.73. The van der Waals surface area contributed by atoms with Gasteiger partial charge in [-0.3, -0.25) is 0 Å². The highest BCUT2D eigenvalue weighted by molar-refractivity contribution is 9.10. The molecule has 1 aromatic heterocycles. The number of nitrogens with zero attached hydrogens (tertiary/aromatic N) is 1. The van der Waals surface area contributed by atoms with E-state index in [9.17, 15) is 0 Å². The molecule has 0 spiro atoms. The summed E-state index contributed by atoms with van der Waals surface area (Å²) in [6, 6.07) is 2.56. The van der Waals surface area contributed by atoms with E-state index in [1.165, 1.54) is 35.0 Å². The van der Waals surface area contributed by atoms with Crippen LogP contribution in [-0.4, -0.2) is 31.1 Å². The lowest BCUT2D eigenvalue weighted by Crippen LogP contribution is -2.49. The molecule has 0 amide bonds. The Morgan fingerprint density at radius 3 is 2.61 bits per heavy atom. The lowest BCUT2D eigenvalue weighted by molar-refractivity contribution is 0.150. The van der Waals surface area contributed by atoms with Gasteiger partial charge >= 0.3 is 0 Å². The number of likely N-dealkylation sites (N-methyl/N-ethyl adjacent to an activating group) is 1. The molecule has 2 nitrogen and oxygen atoms in total. The third-order valence-electron chi connectivity index (χ3n) is 4.26. The van der Waals surface area contributed by atoms with Crippen molar-refractivity contribution in [1.29, 1.82) is 0 Å². The molecule has 1 fully saturated rings. The molecule has 0 aromatic carbocycles. The van der Waals surface area contributed by atoms with Crippen molar-refractivity contribution < 1.29 is 0 Å². The van der Waals surface area contributed by atoms with Gasteiger partial charge in [-0.15, -0.1) is 11.3 Å². The minimum Gasteiger partial charge on any atom is -0.308 e. The van der Waals surface area contributed by atoms with Gasteiger partial charge in [-0.1, -0.05) is 12.8 Å². The van der Waals surface area contributed by atoms with Gasteiger partial charge in [0.15, 0.2) is 0 Å². The molecule has 0 bridgehead atoms. The van der Waals surface area contributed by atoms with Gasteiger partial charge < -0.3 is 10.2 Å². The molecule has 18 heavy (non-hydrogen) atoms. The van der Waals surface area contributed by atoms with Gasteiger partial charge in [0.2, 0.25) is 0 Å². The van der Waals surface area contributed by atoms with Gasteiger partial charge in [0.1, 0.15) is 0 Å². The van der Waals surface area contributed by atoms with E-state index in [1.54, 1.807) is 0 Å². The van der Waals surface area contributed by atoms with Crippen molar-refractivity contribution in [3.05, 3.63) is 20.8 Å². The van der Waals surface area contributed by atoms with Gasteiger partial charge in [0, 0.05) is 27.5 Å². The molecule has 1 atom stereocenters. The summed E-state index contributed by atoms with van der Waals surface area (Å²) in [6.45, 7) is 3.35. The Labute approximate surface area is 123 Å². The van der Waals surface area contributed by atoms with Crippen molar-refractivity contribution in [3.8, 4) is 0 Å². The van der Waals surface area contributed by atoms with Gasteiger partial charge in [0.25, 0.3) is 0 Å². The Balaban J connectivity index is 1.96. The third-order valence-corrected chi connectivity index (χ3v) is 6.31. The van der Waals surface area contributed by atoms with Crippen LogP contribution >= 0.6 is 27.3 Å². The smallest absolute Gasteiger partial charge is 0.0398 e. The molecular formula is C14H23BrN2S. The first-order valence-electron chi connectivity index (χ1n) is 6.69. The van der Waals surface area contributed by atoms with Crippen molar-refractivity contribution in [1.82, 2.24) is 10.2 Å².